The summed E-state index contributed by atoms with van der Waals surface area (Å²) in [6, 6.07) is 4.39. The number of halogens is 1. The molecule has 1 aromatic carbocycles. The summed E-state index contributed by atoms with van der Waals surface area (Å²) < 4.78 is 9.99. The van der Waals surface area contributed by atoms with E-state index in [-0.39, 0.29) is 23.6 Å². The highest BCUT2D eigenvalue weighted by atomic mass is 35.5. The van der Waals surface area contributed by atoms with Crippen molar-refractivity contribution in [3.63, 3.8) is 0 Å². The van der Waals surface area contributed by atoms with Gasteiger partial charge < -0.3 is 20.2 Å². The molecule has 0 spiro atoms. The van der Waals surface area contributed by atoms with Gasteiger partial charge in [-0.15, -0.1) is 0 Å². The molecule has 0 aliphatic rings. The first kappa shape index (κ1) is 19.5. The summed E-state index contributed by atoms with van der Waals surface area (Å²) in [6.45, 7) is 4.69. The van der Waals surface area contributed by atoms with E-state index in [0.717, 1.165) is 0 Å². The highest BCUT2D eigenvalue weighted by Gasteiger charge is 2.24. The Bertz CT molecular complexity index is 873. The van der Waals surface area contributed by atoms with Crippen molar-refractivity contribution < 1.29 is 23.9 Å². The highest BCUT2D eigenvalue weighted by molar-refractivity contribution is 6.31. The Hall–Kier alpha value is -2.80. The Morgan fingerprint density at radius 1 is 1.15 bits per heavy atom. The molecule has 0 aliphatic heterocycles. The van der Waals surface area contributed by atoms with Crippen LogP contribution < -0.4 is 5.73 Å². The van der Waals surface area contributed by atoms with Crippen molar-refractivity contribution in [3.8, 4) is 0 Å². The predicted octanol–water partition coefficient (Wildman–Crippen LogP) is 3.08. The van der Waals surface area contributed by atoms with Crippen LogP contribution in [-0.2, 0) is 9.47 Å². The fraction of sp³-hybridized carbons (Fsp3) is 0.278. The third-order valence-electron chi connectivity index (χ3n) is 3.77. The van der Waals surface area contributed by atoms with Gasteiger partial charge in [-0.2, -0.15) is 0 Å². The minimum atomic E-state index is -0.755. The third kappa shape index (κ3) is 4.05. The van der Waals surface area contributed by atoms with Gasteiger partial charge in [0.05, 0.1) is 12.2 Å². The molecule has 26 heavy (non-hydrogen) atoms. The van der Waals surface area contributed by atoms with Crippen LogP contribution in [0.2, 0.25) is 5.02 Å². The monoisotopic (exact) mass is 378 g/mol. The van der Waals surface area contributed by atoms with Gasteiger partial charge in [0.1, 0.15) is 5.69 Å². The number of ether oxygens (including phenoxy) is 2. The van der Waals surface area contributed by atoms with Gasteiger partial charge in [0.15, 0.2) is 6.61 Å². The van der Waals surface area contributed by atoms with Crippen LogP contribution in [0.15, 0.2) is 18.2 Å². The summed E-state index contributed by atoms with van der Waals surface area (Å²) >= 11 is 5.84. The molecule has 0 radical (unpaired) electrons. The molecule has 8 heteroatoms. The first-order valence-electron chi connectivity index (χ1n) is 7.87. The smallest absolute Gasteiger partial charge is 0.355 e. The van der Waals surface area contributed by atoms with Crippen molar-refractivity contribution in [1.29, 1.82) is 0 Å². The van der Waals surface area contributed by atoms with E-state index in [1.54, 1.807) is 26.8 Å². The quantitative estimate of drug-likeness (QED) is 0.454. The van der Waals surface area contributed by atoms with Crippen LogP contribution in [0, 0.1) is 13.8 Å². The van der Waals surface area contributed by atoms with E-state index in [4.69, 9.17) is 26.8 Å². The first-order valence-corrected chi connectivity index (χ1v) is 8.25. The molecule has 0 saturated carbocycles. The number of H-pyrrole nitrogens is 1. The van der Waals surface area contributed by atoms with E-state index < -0.39 is 24.3 Å². The van der Waals surface area contributed by atoms with Crippen molar-refractivity contribution in [1.82, 2.24) is 4.98 Å². The van der Waals surface area contributed by atoms with Gasteiger partial charge in [0, 0.05) is 22.0 Å². The zero-order chi connectivity index (χ0) is 19.4. The number of aromatic nitrogens is 1. The topological polar surface area (TPSA) is 111 Å². The second-order valence-electron chi connectivity index (χ2n) is 5.58. The van der Waals surface area contributed by atoms with Gasteiger partial charge in [-0.1, -0.05) is 11.6 Å². The third-order valence-corrected chi connectivity index (χ3v) is 4.00. The molecule has 3 N–H and O–H groups in total. The van der Waals surface area contributed by atoms with Crippen LogP contribution in [-0.4, -0.2) is 35.9 Å². The molecule has 0 atom stereocenters. The summed E-state index contributed by atoms with van der Waals surface area (Å²) in [7, 11) is 0. The van der Waals surface area contributed by atoms with Gasteiger partial charge >= 0.3 is 11.9 Å². The number of Topliss-reactive ketones (excluding diaryl/α,β-unsaturated/α-hetero) is 1. The van der Waals surface area contributed by atoms with Crippen LogP contribution >= 0.6 is 11.6 Å². The van der Waals surface area contributed by atoms with Crippen molar-refractivity contribution >= 4 is 35.0 Å². The lowest BCUT2D eigenvalue weighted by atomic mass is 10.1. The minimum Gasteiger partial charge on any atom is -0.461 e. The number of benzene rings is 1. The van der Waals surface area contributed by atoms with Crippen LogP contribution in [0.3, 0.4) is 0 Å². The standard InChI is InChI=1S/C18H19ClN2O5/c1-4-25-18(24)16-9(2)15(10(3)21-16)14(22)8-26-17(23)12-7-11(19)5-6-13(12)20/h5-7,21H,4,8,20H2,1-3H3. The molecule has 2 aromatic rings. The van der Waals surface area contributed by atoms with E-state index in [0.29, 0.717) is 21.8 Å². The van der Waals surface area contributed by atoms with Gasteiger partial charge in [-0.3, -0.25) is 4.79 Å². The molecular weight excluding hydrogens is 360 g/mol. The Balaban J connectivity index is 2.14. The molecule has 0 bridgehead atoms. The van der Waals surface area contributed by atoms with E-state index in [1.807, 2.05) is 0 Å². The summed E-state index contributed by atoms with van der Waals surface area (Å²) in [5.41, 5.74) is 7.44. The summed E-state index contributed by atoms with van der Waals surface area (Å²) in [5.74, 6) is -1.74. The predicted molar refractivity (Wildman–Crippen MR) is 96.7 cm³/mol. The summed E-state index contributed by atoms with van der Waals surface area (Å²) in [4.78, 5) is 39.3. The lowest BCUT2D eigenvalue weighted by molar-refractivity contribution is 0.0474. The maximum atomic E-state index is 12.5. The number of nitrogens with two attached hydrogens (primary N) is 1. The molecule has 138 valence electrons. The normalized spacial score (nSPS) is 10.5. The second kappa shape index (κ2) is 8.05. The highest BCUT2D eigenvalue weighted by Crippen LogP contribution is 2.21. The molecule has 1 aromatic heterocycles. The number of nitrogens with one attached hydrogen (secondary N) is 1. The van der Waals surface area contributed by atoms with Gasteiger partial charge in [-0.05, 0) is 44.5 Å². The fourth-order valence-electron chi connectivity index (χ4n) is 2.56. The lowest BCUT2D eigenvalue weighted by Gasteiger charge is -2.07. The summed E-state index contributed by atoms with van der Waals surface area (Å²) in [6.07, 6.45) is 0. The SMILES string of the molecule is CCOC(=O)c1[nH]c(C)c(C(=O)COC(=O)c2cc(Cl)ccc2N)c1C. The maximum Gasteiger partial charge on any atom is 0.355 e. The number of anilines is 1. The molecule has 0 aliphatic carbocycles. The van der Waals surface area contributed by atoms with Gasteiger partial charge in [0.25, 0.3) is 0 Å². The van der Waals surface area contributed by atoms with Crippen LogP contribution in [0.4, 0.5) is 5.69 Å². The maximum absolute atomic E-state index is 12.5. The lowest BCUT2D eigenvalue weighted by Crippen LogP contribution is -2.16. The van der Waals surface area contributed by atoms with Crippen LogP contribution in [0.1, 0.15) is 49.4 Å². The van der Waals surface area contributed by atoms with Crippen LogP contribution in [0.5, 0.6) is 0 Å². The van der Waals surface area contributed by atoms with E-state index in [1.165, 1.54) is 12.1 Å². The largest absolute Gasteiger partial charge is 0.461 e. The van der Waals surface area contributed by atoms with E-state index in [2.05, 4.69) is 4.98 Å². The molecule has 7 nitrogen and oxygen atoms in total. The zero-order valence-corrected chi connectivity index (χ0v) is 15.4. The number of hydrogen-bond donors (Lipinski definition) is 2. The average Bonchev–Trinajstić information content (AvgIpc) is 2.89. The van der Waals surface area contributed by atoms with Crippen LogP contribution in [0.25, 0.3) is 0 Å². The molecule has 1 heterocycles. The van der Waals surface area contributed by atoms with E-state index in [9.17, 15) is 14.4 Å². The number of nitrogen functional groups attached to an aromatic ring is 1. The van der Waals surface area contributed by atoms with Crippen molar-refractivity contribution in [2.45, 2.75) is 20.8 Å². The molecular formula is C18H19ClN2O5. The number of aromatic amines is 1. The Morgan fingerprint density at radius 3 is 2.50 bits per heavy atom. The van der Waals surface area contributed by atoms with Gasteiger partial charge in [-0.25, -0.2) is 9.59 Å². The number of aryl methyl sites for hydroxylation is 1. The van der Waals surface area contributed by atoms with Crippen molar-refractivity contribution in [2.75, 3.05) is 18.9 Å². The number of carbonyl (C=O) groups excluding carboxylic acids is 3. The molecule has 0 amide bonds. The van der Waals surface area contributed by atoms with Crippen molar-refractivity contribution in [3.05, 3.63) is 51.3 Å². The minimum absolute atomic E-state index is 0.0834. The Morgan fingerprint density at radius 2 is 1.85 bits per heavy atom. The summed E-state index contributed by atoms with van der Waals surface area (Å²) in [5, 5.41) is 0.328. The molecule has 0 fully saturated rings. The molecule has 2 rings (SSSR count). The molecule has 0 unspecified atom stereocenters. The first-order chi connectivity index (χ1) is 12.3. The second-order valence-corrected chi connectivity index (χ2v) is 6.01. The average molecular weight is 379 g/mol. The van der Waals surface area contributed by atoms with Crippen molar-refractivity contribution in [2.24, 2.45) is 0 Å². The Kier molecular flexibility index (Phi) is 6.05. The number of hydrogen-bond acceptors (Lipinski definition) is 6. The zero-order valence-electron chi connectivity index (χ0n) is 14.6. The Labute approximate surface area is 155 Å². The van der Waals surface area contributed by atoms with Gasteiger partial charge in [0.2, 0.25) is 5.78 Å². The number of ketones is 1. The number of esters is 2. The fourth-order valence-corrected chi connectivity index (χ4v) is 2.73. The number of carbonyl (C=O) groups is 3. The number of rotatable bonds is 6. The van der Waals surface area contributed by atoms with E-state index >= 15 is 0 Å². The molecule has 0 saturated heterocycles.